The van der Waals surface area contributed by atoms with Crippen molar-refractivity contribution < 1.29 is 5.11 Å². The zero-order valence-electron chi connectivity index (χ0n) is 9.30. The minimum atomic E-state index is -1.09. The maximum absolute atomic E-state index is 10.4. The zero-order valence-corrected chi connectivity index (χ0v) is 10.9. The van der Waals surface area contributed by atoms with E-state index in [4.69, 9.17) is 11.6 Å². The van der Waals surface area contributed by atoms with Crippen molar-refractivity contribution in [2.45, 2.75) is 12.5 Å². The van der Waals surface area contributed by atoms with Crippen molar-refractivity contribution in [3.63, 3.8) is 0 Å². The Bertz CT molecular complexity index is 469. The molecule has 0 amide bonds. The molecule has 0 bridgehead atoms. The predicted octanol–water partition coefficient (Wildman–Crippen LogP) is 3.41. The Morgan fingerprint density at radius 3 is 2.29 bits per heavy atom. The van der Waals surface area contributed by atoms with Gasteiger partial charge in [0.1, 0.15) is 5.60 Å². The molecule has 0 spiro atoms. The van der Waals surface area contributed by atoms with Gasteiger partial charge in [0.15, 0.2) is 0 Å². The van der Waals surface area contributed by atoms with Crippen LogP contribution in [0.1, 0.15) is 18.2 Å². The molecule has 1 unspecified atom stereocenters. The van der Waals surface area contributed by atoms with E-state index < -0.39 is 5.60 Å². The molecular formula is C13H13Cl2NO. The molecule has 0 fully saturated rings. The van der Waals surface area contributed by atoms with Crippen LogP contribution in [-0.4, -0.2) is 10.1 Å². The summed E-state index contributed by atoms with van der Waals surface area (Å²) in [4.78, 5) is 4.17. The highest BCUT2D eigenvalue weighted by Crippen LogP contribution is 2.28. The van der Waals surface area contributed by atoms with E-state index in [9.17, 15) is 5.11 Å². The quantitative estimate of drug-likeness (QED) is 0.907. The third-order valence-corrected chi connectivity index (χ3v) is 2.82. The van der Waals surface area contributed by atoms with Gasteiger partial charge in [-0.1, -0.05) is 29.8 Å². The van der Waals surface area contributed by atoms with Gasteiger partial charge in [-0.2, -0.15) is 0 Å². The average Bonchev–Trinajstić information content (AvgIpc) is 2.31. The van der Waals surface area contributed by atoms with Crippen LogP contribution in [0.15, 0.2) is 48.7 Å². The molecule has 1 atom stereocenters. The van der Waals surface area contributed by atoms with Gasteiger partial charge < -0.3 is 5.11 Å². The molecule has 17 heavy (non-hydrogen) atoms. The Labute approximate surface area is 112 Å². The van der Waals surface area contributed by atoms with Crippen LogP contribution in [0, 0.1) is 0 Å². The number of hydrogen-bond donors (Lipinski definition) is 1. The second kappa shape index (κ2) is 5.50. The van der Waals surface area contributed by atoms with Crippen LogP contribution in [0.4, 0.5) is 0 Å². The summed E-state index contributed by atoms with van der Waals surface area (Å²) in [5, 5.41) is 11.1. The van der Waals surface area contributed by atoms with Crippen molar-refractivity contribution in [3.8, 4) is 0 Å². The number of nitrogens with zero attached hydrogens (tertiary/aromatic N) is 1. The first-order chi connectivity index (χ1) is 7.60. The normalized spacial score (nSPS) is 13.6. The molecule has 2 aromatic rings. The lowest BCUT2D eigenvalue weighted by Crippen LogP contribution is -2.23. The average molecular weight is 270 g/mol. The highest BCUT2D eigenvalue weighted by molar-refractivity contribution is 6.30. The van der Waals surface area contributed by atoms with Crippen LogP contribution in [-0.2, 0) is 5.60 Å². The summed E-state index contributed by atoms with van der Waals surface area (Å²) in [6, 6.07) is 12.6. The minimum Gasteiger partial charge on any atom is -0.379 e. The standard InChI is InChI=1S/C13H12ClNO.ClH/c1-13(16,12-4-2-3-9-15-12)10-5-7-11(14)8-6-10;/h2-9,16H,1H3;1H. The predicted molar refractivity (Wildman–Crippen MR) is 71.6 cm³/mol. The molecule has 0 saturated heterocycles. The third kappa shape index (κ3) is 2.97. The van der Waals surface area contributed by atoms with Crippen LogP contribution in [0.2, 0.25) is 5.02 Å². The third-order valence-electron chi connectivity index (χ3n) is 2.57. The fourth-order valence-electron chi connectivity index (χ4n) is 1.57. The van der Waals surface area contributed by atoms with E-state index in [1.54, 1.807) is 43.5 Å². The van der Waals surface area contributed by atoms with Gasteiger partial charge >= 0.3 is 0 Å². The van der Waals surface area contributed by atoms with Gasteiger partial charge in [0, 0.05) is 11.2 Å². The van der Waals surface area contributed by atoms with Crippen LogP contribution in [0.25, 0.3) is 0 Å². The van der Waals surface area contributed by atoms with Crippen molar-refractivity contribution in [3.05, 3.63) is 64.9 Å². The molecule has 0 aliphatic rings. The van der Waals surface area contributed by atoms with E-state index in [-0.39, 0.29) is 12.4 Å². The molecule has 2 nitrogen and oxygen atoms in total. The first kappa shape index (κ1) is 14.0. The van der Waals surface area contributed by atoms with Crippen molar-refractivity contribution in [1.82, 2.24) is 4.98 Å². The maximum Gasteiger partial charge on any atom is 0.129 e. The van der Waals surface area contributed by atoms with E-state index >= 15 is 0 Å². The topological polar surface area (TPSA) is 33.1 Å². The van der Waals surface area contributed by atoms with Gasteiger partial charge in [0.25, 0.3) is 0 Å². The van der Waals surface area contributed by atoms with E-state index in [2.05, 4.69) is 4.98 Å². The lowest BCUT2D eigenvalue weighted by Gasteiger charge is -2.23. The molecule has 0 aliphatic heterocycles. The molecule has 2 rings (SSSR count). The Hall–Kier alpha value is -1.09. The number of halogens is 2. The summed E-state index contributed by atoms with van der Waals surface area (Å²) in [5.74, 6) is 0. The summed E-state index contributed by atoms with van der Waals surface area (Å²) in [5.41, 5.74) is 0.305. The first-order valence-electron chi connectivity index (χ1n) is 5.00. The fourth-order valence-corrected chi connectivity index (χ4v) is 1.70. The van der Waals surface area contributed by atoms with Gasteiger partial charge in [0.05, 0.1) is 5.69 Å². The smallest absolute Gasteiger partial charge is 0.129 e. The highest BCUT2D eigenvalue weighted by Gasteiger charge is 2.26. The van der Waals surface area contributed by atoms with Crippen molar-refractivity contribution >= 4 is 24.0 Å². The Kier molecular flexibility index (Phi) is 4.52. The SMILES string of the molecule is CC(O)(c1ccc(Cl)cc1)c1ccccn1.Cl. The number of benzene rings is 1. The van der Waals surface area contributed by atoms with Gasteiger partial charge in [-0.3, -0.25) is 4.98 Å². The minimum absolute atomic E-state index is 0. The molecule has 1 aromatic carbocycles. The molecule has 0 aliphatic carbocycles. The van der Waals surface area contributed by atoms with Gasteiger partial charge in [0.2, 0.25) is 0 Å². The molecule has 4 heteroatoms. The van der Waals surface area contributed by atoms with Crippen LogP contribution < -0.4 is 0 Å². The van der Waals surface area contributed by atoms with Crippen molar-refractivity contribution in [2.24, 2.45) is 0 Å². The molecule has 1 N–H and O–H groups in total. The molecule has 90 valence electrons. The zero-order chi connectivity index (χ0) is 11.6. The highest BCUT2D eigenvalue weighted by atomic mass is 35.5. The Morgan fingerprint density at radius 1 is 1.12 bits per heavy atom. The monoisotopic (exact) mass is 269 g/mol. The largest absolute Gasteiger partial charge is 0.379 e. The number of aromatic nitrogens is 1. The van der Waals surface area contributed by atoms with E-state index in [1.165, 1.54) is 0 Å². The van der Waals surface area contributed by atoms with E-state index in [0.717, 1.165) is 5.56 Å². The molecule has 1 aromatic heterocycles. The lowest BCUT2D eigenvalue weighted by atomic mass is 9.92. The summed E-state index contributed by atoms with van der Waals surface area (Å²) >= 11 is 5.81. The number of rotatable bonds is 2. The van der Waals surface area contributed by atoms with E-state index in [1.807, 2.05) is 12.1 Å². The second-order valence-electron chi connectivity index (χ2n) is 3.79. The number of aliphatic hydroxyl groups is 1. The summed E-state index contributed by atoms with van der Waals surface area (Å²) in [7, 11) is 0. The molecule has 0 saturated carbocycles. The summed E-state index contributed by atoms with van der Waals surface area (Å²) < 4.78 is 0. The second-order valence-corrected chi connectivity index (χ2v) is 4.23. The van der Waals surface area contributed by atoms with Gasteiger partial charge in [-0.25, -0.2) is 0 Å². The fraction of sp³-hybridized carbons (Fsp3) is 0.154. The van der Waals surface area contributed by atoms with Crippen LogP contribution in [0.3, 0.4) is 0 Å². The van der Waals surface area contributed by atoms with Gasteiger partial charge in [-0.15, -0.1) is 12.4 Å². The molecular weight excluding hydrogens is 257 g/mol. The molecule has 0 radical (unpaired) electrons. The Morgan fingerprint density at radius 2 is 1.76 bits per heavy atom. The number of hydrogen-bond acceptors (Lipinski definition) is 2. The number of pyridine rings is 1. The lowest BCUT2D eigenvalue weighted by molar-refractivity contribution is 0.0974. The van der Waals surface area contributed by atoms with Gasteiger partial charge in [-0.05, 0) is 36.8 Å². The molecule has 1 heterocycles. The first-order valence-corrected chi connectivity index (χ1v) is 5.38. The van der Waals surface area contributed by atoms with Crippen LogP contribution in [0.5, 0.6) is 0 Å². The van der Waals surface area contributed by atoms with Crippen molar-refractivity contribution in [2.75, 3.05) is 0 Å². The summed E-state index contributed by atoms with van der Waals surface area (Å²) in [6.45, 7) is 1.72. The van der Waals surface area contributed by atoms with Crippen LogP contribution >= 0.6 is 24.0 Å². The maximum atomic E-state index is 10.4. The van der Waals surface area contributed by atoms with Crippen molar-refractivity contribution in [1.29, 1.82) is 0 Å². The Balaban J connectivity index is 0.00000144. The summed E-state index contributed by atoms with van der Waals surface area (Å²) in [6.07, 6.45) is 1.67. The van der Waals surface area contributed by atoms with E-state index in [0.29, 0.717) is 10.7 Å².